The number of benzene rings is 1. The first-order valence-electron chi connectivity index (χ1n) is 8.25. The fourth-order valence-corrected chi connectivity index (χ4v) is 3.77. The molecule has 5 heteroatoms. The number of carbonyl (C=O) groups is 2. The summed E-state index contributed by atoms with van der Waals surface area (Å²) in [7, 11) is 1.85. The van der Waals surface area contributed by atoms with E-state index in [9.17, 15) is 9.59 Å². The third-order valence-corrected chi connectivity index (χ3v) is 5.62. The molecule has 23 heavy (non-hydrogen) atoms. The number of hydrazone groups is 1. The van der Waals surface area contributed by atoms with Gasteiger partial charge in [-0.25, -0.2) is 5.43 Å². The van der Waals surface area contributed by atoms with Crippen molar-refractivity contribution in [2.75, 3.05) is 11.9 Å². The monoisotopic (exact) mass is 311 g/mol. The first kappa shape index (κ1) is 14.4. The molecule has 0 radical (unpaired) electrons. The van der Waals surface area contributed by atoms with Gasteiger partial charge >= 0.3 is 0 Å². The first-order valence-corrected chi connectivity index (χ1v) is 8.25. The molecule has 0 bridgehead atoms. The summed E-state index contributed by atoms with van der Waals surface area (Å²) >= 11 is 0. The summed E-state index contributed by atoms with van der Waals surface area (Å²) in [5.41, 5.74) is 6.86. The third kappa shape index (κ3) is 2.18. The molecule has 3 aliphatic rings. The zero-order valence-corrected chi connectivity index (χ0v) is 13.7. The van der Waals surface area contributed by atoms with Crippen LogP contribution in [0.1, 0.15) is 31.4 Å². The van der Waals surface area contributed by atoms with Gasteiger partial charge in [0.2, 0.25) is 11.8 Å². The van der Waals surface area contributed by atoms with Gasteiger partial charge in [0.1, 0.15) is 0 Å². The van der Waals surface area contributed by atoms with Crippen LogP contribution >= 0.6 is 0 Å². The van der Waals surface area contributed by atoms with Crippen molar-refractivity contribution < 1.29 is 9.59 Å². The van der Waals surface area contributed by atoms with E-state index in [0.29, 0.717) is 5.92 Å². The SMILES string of the molecule is CC1Cc2cc(C3=NNC(=O)C4CC34)ccc2N(C)C(=O)C1C. The first-order chi connectivity index (χ1) is 11.0. The number of hydrogen-bond acceptors (Lipinski definition) is 3. The lowest BCUT2D eigenvalue weighted by Gasteiger charge is -2.21. The quantitative estimate of drug-likeness (QED) is 0.861. The molecule has 4 rings (SSSR count). The molecule has 5 nitrogen and oxygen atoms in total. The maximum atomic E-state index is 12.5. The Morgan fingerprint density at radius 3 is 2.78 bits per heavy atom. The minimum absolute atomic E-state index is 0.0231. The molecule has 1 aromatic rings. The van der Waals surface area contributed by atoms with Crippen molar-refractivity contribution in [2.24, 2.45) is 28.8 Å². The summed E-state index contributed by atoms with van der Waals surface area (Å²) in [5.74, 6) is 0.917. The van der Waals surface area contributed by atoms with Crippen LogP contribution in [-0.2, 0) is 16.0 Å². The number of nitrogens with one attached hydrogen (secondary N) is 1. The van der Waals surface area contributed by atoms with Crippen molar-refractivity contribution in [1.29, 1.82) is 0 Å². The molecule has 2 heterocycles. The topological polar surface area (TPSA) is 61.8 Å². The molecule has 4 atom stereocenters. The smallest absolute Gasteiger partial charge is 0.243 e. The van der Waals surface area contributed by atoms with Gasteiger partial charge in [0.25, 0.3) is 0 Å². The Morgan fingerprint density at radius 2 is 2.00 bits per heavy atom. The normalized spacial score (nSPS) is 32.5. The molecule has 2 amide bonds. The van der Waals surface area contributed by atoms with E-state index in [-0.39, 0.29) is 29.6 Å². The molecule has 0 aromatic heterocycles. The van der Waals surface area contributed by atoms with E-state index >= 15 is 0 Å². The lowest BCUT2D eigenvalue weighted by atomic mass is 9.89. The second kappa shape index (κ2) is 4.91. The van der Waals surface area contributed by atoms with Crippen molar-refractivity contribution in [1.82, 2.24) is 5.43 Å². The van der Waals surface area contributed by atoms with Crippen LogP contribution in [0.3, 0.4) is 0 Å². The summed E-state index contributed by atoms with van der Waals surface area (Å²) in [4.78, 5) is 25.8. The predicted octanol–water partition coefficient (Wildman–Crippen LogP) is 1.95. The van der Waals surface area contributed by atoms with Crippen LogP contribution in [0.25, 0.3) is 0 Å². The van der Waals surface area contributed by atoms with Crippen LogP contribution in [0.2, 0.25) is 0 Å². The molecule has 0 saturated heterocycles. The molecule has 1 saturated carbocycles. The summed E-state index contributed by atoms with van der Waals surface area (Å²) in [5, 5.41) is 4.28. The molecule has 4 unspecified atom stereocenters. The van der Waals surface area contributed by atoms with E-state index in [1.165, 1.54) is 5.56 Å². The van der Waals surface area contributed by atoms with Gasteiger partial charge in [-0.3, -0.25) is 9.59 Å². The fraction of sp³-hybridized carbons (Fsp3) is 0.500. The highest BCUT2D eigenvalue weighted by Crippen LogP contribution is 2.44. The predicted molar refractivity (Wildman–Crippen MR) is 88.2 cm³/mol. The van der Waals surface area contributed by atoms with E-state index in [4.69, 9.17) is 0 Å². The Balaban J connectivity index is 1.73. The van der Waals surface area contributed by atoms with Gasteiger partial charge in [0.15, 0.2) is 0 Å². The van der Waals surface area contributed by atoms with Gasteiger partial charge < -0.3 is 4.90 Å². The van der Waals surface area contributed by atoms with Gasteiger partial charge in [-0.2, -0.15) is 5.10 Å². The Hall–Kier alpha value is -2.17. The third-order valence-electron chi connectivity index (χ3n) is 5.62. The van der Waals surface area contributed by atoms with Crippen molar-refractivity contribution >= 4 is 23.2 Å². The zero-order chi connectivity index (χ0) is 16.3. The Labute approximate surface area is 135 Å². The van der Waals surface area contributed by atoms with Crippen LogP contribution < -0.4 is 10.3 Å². The van der Waals surface area contributed by atoms with Crippen LogP contribution in [0.4, 0.5) is 5.69 Å². The van der Waals surface area contributed by atoms with Gasteiger partial charge in [0.05, 0.1) is 5.71 Å². The Bertz CT molecular complexity index is 740. The average molecular weight is 311 g/mol. The van der Waals surface area contributed by atoms with Crippen molar-refractivity contribution in [2.45, 2.75) is 26.7 Å². The summed E-state index contributed by atoms with van der Waals surface area (Å²) < 4.78 is 0. The second-order valence-corrected chi connectivity index (χ2v) is 7.13. The van der Waals surface area contributed by atoms with Crippen molar-refractivity contribution in [3.63, 3.8) is 0 Å². The molecule has 1 fully saturated rings. The summed E-state index contributed by atoms with van der Waals surface area (Å²) in [6.07, 6.45) is 1.78. The number of fused-ring (bicyclic) bond motifs is 2. The lowest BCUT2D eigenvalue weighted by molar-refractivity contribution is -0.123. The standard InChI is InChI=1S/C18H21N3O2/c1-9-6-12-7-11(16-13-8-14(13)17(22)20-19-16)4-5-15(12)21(3)18(23)10(9)2/h4-5,7,9-10,13-14H,6,8H2,1-3H3,(H,20,22). The van der Waals surface area contributed by atoms with Gasteiger partial charge in [-0.1, -0.05) is 19.9 Å². The van der Waals surface area contributed by atoms with Crippen LogP contribution in [0, 0.1) is 23.7 Å². The molecule has 0 spiro atoms. The van der Waals surface area contributed by atoms with Crippen molar-refractivity contribution in [3.05, 3.63) is 29.3 Å². The largest absolute Gasteiger partial charge is 0.315 e. The van der Waals surface area contributed by atoms with Gasteiger partial charge in [-0.15, -0.1) is 0 Å². The Morgan fingerprint density at radius 1 is 1.22 bits per heavy atom. The molecule has 1 aliphatic carbocycles. The fourth-order valence-electron chi connectivity index (χ4n) is 3.77. The van der Waals surface area contributed by atoms with Crippen LogP contribution in [0.5, 0.6) is 0 Å². The maximum Gasteiger partial charge on any atom is 0.243 e. The number of rotatable bonds is 1. The van der Waals surface area contributed by atoms with E-state index in [1.54, 1.807) is 4.90 Å². The number of carbonyl (C=O) groups excluding carboxylic acids is 2. The van der Waals surface area contributed by atoms with E-state index < -0.39 is 0 Å². The number of anilines is 1. The number of hydrogen-bond donors (Lipinski definition) is 1. The maximum absolute atomic E-state index is 12.5. The average Bonchev–Trinajstić information content (AvgIpc) is 3.34. The lowest BCUT2D eigenvalue weighted by Crippen LogP contribution is -2.32. The summed E-state index contributed by atoms with van der Waals surface area (Å²) in [6.45, 7) is 4.14. The number of nitrogens with zero attached hydrogens (tertiary/aromatic N) is 2. The van der Waals surface area contributed by atoms with Gasteiger partial charge in [0, 0.05) is 30.5 Å². The second-order valence-electron chi connectivity index (χ2n) is 7.13. The van der Waals surface area contributed by atoms with E-state index in [1.807, 2.05) is 26.1 Å². The van der Waals surface area contributed by atoms with Crippen LogP contribution in [-0.4, -0.2) is 24.6 Å². The van der Waals surface area contributed by atoms with E-state index in [2.05, 4.69) is 23.5 Å². The highest BCUT2D eigenvalue weighted by molar-refractivity contribution is 6.10. The molecule has 1 aromatic carbocycles. The van der Waals surface area contributed by atoms with Crippen molar-refractivity contribution in [3.8, 4) is 0 Å². The molecule has 120 valence electrons. The zero-order valence-electron chi connectivity index (χ0n) is 13.7. The highest BCUT2D eigenvalue weighted by Gasteiger charge is 2.49. The molecule has 2 aliphatic heterocycles. The number of amides is 2. The minimum atomic E-state index is 0.0231. The van der Waals surface area contributed by atoms with E-state index in [0.717, 1.165) is 29.8 Å². The highest BCUT2D eigenvalue weighted by atomic mass is 16.2. The summed E-state index contributed by atoms with van der Waals surface area (Å²) in [6, 6.07) is 6.19. The van der Waals surface area contributed by atoms with Gasteiger partial charge in [-0.05, 0) is 42.0 Å². The molecular formula is C18H21N3O2. The Kier molecular flexibility index (Phi) is 3.08. The molecule has 1 N–H and O–H groups in total. The van der Waals surface area contributed by atoms with Crippen LogP contribution in [0.15, 0.2) is 23.3 Å². The minimum Gasteiger partial charge on any atom is -0.315 e. The molecular weight excluding hydrogens is 290 g/mol.